The van der Waals surface area contributed by atoms with E-state index >= 15 is 0 Å². The highest BCUT2D eigenvalue weighted by molar-refractivity contribution is 7.89. The smallest absolute Gasteiger partial charge is 0.375 e. The molecule has 1 amide bonds. The van der Waals surface area contributed by atoms with Gasteiger partial charge in [0.15, 0.2) is 6.61 Å². The van der Waals surface area contributed by atoms with Crippen molar-refractivity contribution >= 4 is 39.2 Å². The van der Waals surface area contributed by atoms with Crippen molar-refractivity contribution in [3.8, 4) is 0 Å². The van der Waals surface area contributed by atoms with Gasteiger partial charge in [-0.1, -0.05) is 11.6 Å². The Balaban J connectivity index is 2.06. The lowest BCUT2D eigenvalue weighted by Crippen LogP contribution is -2.23. The summed E-state index contributed by atoms with van der Waals surface area (Å²) in [5.74, 6) is -1.39. The minimum atomic E-state index is -3.77. The molecule has 140 valence electrons. The molecule has 0 unspecified atom stereocenters. The van der Waals surface area contributed by atoms with Gasteiger partial charge in [0.25, 0.3) is 5.91 Å². The maximum Gasteiger partial charge on any atom is 0.375 e. The van der Waals surface area contributed by atoms with Crippen LogP contribution in [0.2, 0.25) is 5.02 Å². The largest absolute Gasteiger partial charge is 0.457 e. The molecule has 0 saturated carbocycles. The molecule has 0 spiro atoms. The summed E-state index contributed by atoms with van der Waals surface area (Å²) in [6, 6.07) is 5.62. The number of benzene rings is 1. The Morgan fingerprint density at radius 3 is 2.54 bits per heavy atom. The number of carbonyl (C=O) groups excluding carboxylic acids is 2. The summed E-state index contributed by atoms with van der Waals surface area (Å²) < 4.78 is 35.3. The molecule has 0 fully saturated rings. The van der Waals surface area contributed by atoms with E-state index in [0.717, 1.165) is 4.31 Å². The van der Waals surface area contributed by atoms with E-state index in [0.29, 0.717) is 5.56 Å². The van der Waals surface area contributed by atoms with Crippen molar-refractivity contribution in [2.45, 2.75) is 11.8 Å². The highest BCUT2D eigenvalue weighted by atomic mass is 35.5. The van der Waals surface area contributed by atoms with Crippen molar-refractivity contribution in [2.75, 3.05) is 26.0 Å². The van der Waals surface area contributed by atoms with E-state index < -0.39 is 28.5 Å². The van der Waals surface area contributed by atoms with Crippen molar-refractivity contribution in [3.63, 3.8) is 0 Å². The van der Waals surface area contributed by atoms with Gasteiger partial charge in [0.05, 0.1) is 11.3 Å². The number of carbonyl (C=O) groups is 2. The molecule has 2 aromatic rings. The van der Waals surface area contributed by atoms with Gasteiger partial charge < -0.3 is 14.5 Å². The Labute approximate surface area is 155 Å². The number of rotatable bonds is 6. The molecule has 1 N–H and O–H groups in total. The average Bonchev–Trinajstić information content (AvgIpc) is 3.00. The molecular formula is C16H17ClN2O6S. The molecule has 1 aromatic heterocycles. The third kappa shape index (κ3) is 4.43. The molecule has 1 aromatic carbocycles. The lowest BCUT2D eigenvalue weighted by molar-refractivity contribution is -0.119. The van der Waals surface area contributed by atoms with Crippen LogP contribution < -0.4 is 5.32 Å². The Morgan fingerprint density at radius 1 is 1.27 bits per heavy atom. The minimum Gasteiger partial charge on any atom is -0.457 e. The monoisotopic (exact) mass is 400 g/mol. The number of sulfonamides is 1. The van der Waals surface area contributed by atoms with Crippen molar-refractivity contribution in [2.24, 2.45) is 0 Å². The van der Waals surface area contributed by atoms with E-state index in [1.807, 2.05) is 0 Å². The topological polar surface area (TPSA) is 106 Å². The number of hydrogen-bond acceptors (Lipinski definition) is 6. The van der Waals surface area contributed by atoms with Crippen LogP contribution in [0.5, 0.6) is 0 Å². The molecular weight excluding hydrogens is 384 g/mol. The summed E-state index contributed by atoms with van der Waals surface area (Å²) in [4.78, 5) is 23.6. The van der Waals surface area contributed by atoms with Gasteiger partial charge >= 0.3 is 5.97 Å². The van der Waals surface area contributed by atoms with Gasteiger partial charge in [-0.3, -0.25) is 4.79 Å². The van der Waals surface area contributed by atoms with E-state index in [9.17, 15) is 18.0 Å². The summed E-state index contributed by atoms with van der Waals surface area (Å²) in [5, 5.41) is 2.47. The number of anilines is 1. The summed E-state index contributed by atoms with van der Waals surface area (Å²) in [5.41, 5.74) is 0.789. The molecule has 0 atom stereocenters. The molecule has 8 nitrogen and oxygen atoms in total. The standard InChI is InChI=1S/C16H17ClN2O6S/c1-10-6-7-24-15(10)16(21)25-9-14(20)18-11-4-5-12(17)13(8-11)26(22,23)19(2)3/h4-8H,9H2,1-3H3,(H,18,20). The first-order valence-corrected chi connectivity index (χ1v) is 9.18. The summed E-state index contributed by atoms with van der Waals surface area (Å²) in [6.07, 6.45) is 1.34. The predicted molar refractivity (Wildman–Crippen MR) is 94.7 cm³/mol. The van der Waals surface area contributed by atoms with Gasteiger partial charge in [-0.05, 0) is 31.2 Å². The zero-order valence-corrected chi connectivity index (χ0v) is 15.8. The van der Waals surface area contributed by atoms with Gasteiger partial charge in [-0.15, -0.1) is 0 Å². The summed E-state index contributed by atoms with van der Waals surface area (Å²) >= 11 is 5.94. The molecule has 0 radical (unpaired) electrons. The first kappa shape index (κ1) is 20.0. The molecule has 1 heterocycles. The highest BCUT2D eigenvalue weighted by Gasteiger charge is 2.22. The number of nitrogens with zero attached hydrogens (tertiary/aromatic N) is 1. The normalized spacial score (nSPS) is 11.4. The molecule has 0 aliphatic rings. The molecule has 0 saturated heterocycles. The fourth-order valence-electron chi connectivity index (χ4n) is 1.95. The summed E-state index contributed by atoms with van der Waals surface area (Å²) in [7, 11) is -1.04. The maximum atomic E-state index is 12.2. The number of esters is 1. The number of halogens is 1. The van der Waals surface area contributed by atoms with Gasteiger partial charge in [0, 0.05) is 25.3 Å². The van der Waals surface area contributed by atoms with Crippen LogP contribution >= 0.6 is 11.6 Å². The number of ether oxygens (including phenoxy) is 1. The van der Waals surface area contributed by atoms with Gasteiger partial charge in [0.1, 0.15) is 4.90 Å². The van der Waals surface area contributed by atoms with Crippen LogP contribution in [0.25, 0.3) is 0 Å². The van der Waals surface area contributed by atoms with E-state index in [1.165, 1.54) is 38.6 Å². The quantitative estimate of drug-likeness (QED) is 0.745. The first-order chi connectivity index (χ1) is 12.1. The molecule has 0 aliphatic heterocycles. The van der Waals surface area contributed by atoms with E-state index in [4.69, 9.17) is 20.8 Å². The van der Waals surface area contributed by atoms with Crippen LogP contribution in [0.4, 0.5) is 5.69 Å². The Hall–Kier alpha value is -2.36. The lowest BCUT2D eigenvalue weighted by atomic mass is 10.3. The zero-order valence-electron chi connectivity index (χ0n) is 14.3. The Bertz CT molecular complexity index is 936. The predicted octanol–water partition coefficient (Wildman–Crippen LogP) is 2.29. The molecule has 26 heavy (non-hydrogen) atoms. The van der Waals surface area contributed by atoms with Crippen LogP contribution in [0.3, 0.4) is 0 Å². The maximum absolute atomic E-state index is 12.2. The van der Waals surface area contributed by atoms with Crippen molar-refractivity contribution in [1.29, 1.82) is 0 Å². The van der Waals surface area contributed by atoms with Crippen LogP contribution in [-0.4, -0.2) is 45.3 Å². The second-order valence-electron chi connectivity index (χ2n) is 5.49. The summed E-state index contributed by atoms with van der Waals surface area (Å²) in [6.45, 7) is 1.11. The number of nitrogens with one attached hydrogen (secondary N) is 1. The SMILES string of the molecule is Cc1ccoc1C(=O)OCC(=O)Nc1ccc(Cl)c(S(=O)(=O)N(C)C)c1. The molecule has 2 rings (SSSR count). The van der Waals surface area contributed by atoms with Gasteiger partial charge in [-0.2, -0.15) is 0 Å². The van der Waals surface area contributed by atoms with E-state index in [1.54, 1.807) is 13.0 Å². The van der Waals surface area contributed by atoms with Gasteiger partial charge in [-0.25, -0.2) is 17.5 Å². The Kier molecular flexibility index (Phi) is 6.06. The Morgan fingerprint density at radius 2 is 1.96 bits per heavy atom. The first-order valence-electron chi connectivity index (χ1n) is 7.36. The fourth-order valence-corrected chi connectivity index (χ4v) is 3.34. The fraction of sp³-hybridized carbons (Fsp3) is 0.250. The van der Waals surface area contributed by atoms with Crippen LogP contribution in [0.15, 0.2) is 39.8 Å². The van der Waals surface area contributed by atoms with E-state index in [-0.39, 0.29) is 21.4 Å². The van der Waals surface area contributed by atoms with Crippen molar-refractivity contribution in [1.82, 2.24) is 4.31 Å². The van der Waals surface area contributed by atoms with Crippen LogP contribution in [0.1, 0.15) is 16.1 Å². The number of furan rings is 1. The third-order valence-corrected chi connectivity index (χ3v) is 5.65. The number of amides is 1. The van der Waals surface area contributed by atoms with Crippen LogP contribution in [-0.2, 0) is 19.6 Å². The molecule has 10 heteroatoms. The molecule has 0 bridgehead atoms. The van der Waals surface area contributed by atoms with Gasteiger partial charge in [0.2, 0.25) is 15.8 Å². The lowest BCUT2D eigenvalue weighted by Gasteiger charge is -2.14. The van der Waals surface area contributed by atoms with E-state index in [2.05, 4.69) is 5.32 Å². The average molecular weight is 401 g/mol. The second-order valence-corrected chi connectivity index (χ2v) is 8.02. The molecule has 0 aliphatic carbocycles. The minimum absolute atomic E-state index is 0.0173. The number of hydrogen-bond donors (Lipinski definition) is 1. The zero-order chi connectivity index (χ0) is 19.5. The number of aryl methyl sites for hydroxylation is 1. The van der Waals surface area contributed by atoms with Crippen molar-refractivity contribution in [3.05, 3.63) is 46.9 Å². The van der Waals surface area contributed by atoms with Crippen LogP contribution in [0, 0.1) is 6.92 Å². The highest BCUT2D eigenvalue weighted by Crippen LogP contribution is 2.26. The second kappa shape index (κ2) is 7.90. The van der Waals surface area contributed by atoms with Crippen molar-refractivity contribution < 1.29 is 27.2 Å². The third-order valence-electron chi connectivity index (χ3n) is 3.36.